The number of hydrogen-bond donors (Lipinski definition) is 0. The van der Waals surface area contributed by atoms with Crippen LogP contribution in [-0.4, -0.2) is 51.2 Å². The van der Waals surface area contributed by atoms with Crippen molar-refractivity contribution in [2.45, 2.75) is 45.2 Å². The van der Waals surface area contributed by atoms with E-state index in [4.69, 9.17) is 4.74 Å². The third-order valence-electron chi connectivity index (χ3n) is 4.31. The molecule has 0 aliphatic carbocycles. The van der Waals surface area contributed by atoms with Gasteiger partial charge in [-0.2, -0.15) is 5.10 Å². The normalized spacial score (nSPS) is 19.2. The Bertz CT molecular complexity index is 680. The lowest BCUT2D eigenvalue weighted by Gasteiger charge is -2.27. The second kappa shape index (κ2) is 6.04. The highest BCUT2D eigenvalue weighted by atomic mass is 16.5. The zero-order valence-electron chi connectivity index (χ0n) is 13.3. The van der Waals surface area contributed by atoms with Crippen molar-refractivity contribution in [1.29, 1.82) is 0 Å². The number of ether oxygens (including phenoxy) is 1. The molecule has 3 heterocycles. The molecule has 0 bridgehead atoms. The Labute approximate surface area is 130 Å². The van der Waals surface area contributed by atoms with Crippen LogP contribution in [0.3, 0.4) is 0 Å². The first-order valence-electron chi connectivity index (χ1n) is 7.78. The molecular weight excluding hydrogens is 280 g/mol. The lowest BCUT2D eigenvalue weighted by molar-refractivity contribution is 0.0600. The lowest BCUT2D eigenvalue weighted by atomic mass is 10.1. The van der Waals surface area contributed by atoms with Crippen LogP contribution in [0.1, 0.15) is 42.9 Å². The zero-order chi connectivity index (χ0) is 15.7. The molecule has 0 aromatic carbocycles. The molecule has 3 rings (SSSR count). The maximum atomic E-state index is 11.6. The van der Waals surface area contributed by atoms with Crippen molar-refractivity contribution >= 4 is 11.6 Å². The fraction of sp³-hybridized carbons (Fsp3) is 0.562. The van der Waals surface area contributed by atoms with E-state index in [-0.39, 0.29) is 5.97 Å². The summed E-state index contributed by atoms with van der Waals surface area (Å²) < 4.78 is 6.46. The quantitative estimate of drug-likeness (QED) is 0.808. The molecule has 0 radical (unpaired) electrons. The van der Waals surface area contributed by atoms with Gasteiger partial charge in [-0.1, -0.05) is 0 Å². The van der Waals surface area contributed by atoms with Crippen LogP contribution in [0.15, 0.2) is 18.3 Å². The Morgan fingerprint density at radius 1 is 1.50 bits per heavy atom. The minimum absolute atomic E-state index is 0.353. The highest BCUT2D eigenvalue weighted by molar-refractivity contribution is 5.90. The number of carbonyl (C=O) groups is 1. The van der Waals surface area contributed by atoms with Crippen molar-refractivity contribution in [1.82, 2.24) is 19.5 Å². The van der Waals surface area contributed by atoms with Crippen LogP contribution >= 0.6 is 0 Å². The van der Waals surface area contributed by atoms with Crippen molar-refractivity contribution in [3.05, 3.63) is 29.7 Å². The van der Waals surface area contributed by atoms with Crippen LogP contribution in [0.25, 0.3) is 5.65 Å². The summed E-state index contributed by atoms with van der Waals surface area (Å²) >= 11 is 0. The SMILES string of the molecule is COC(=O)c1ccn2nc(CC3CCCN3C(C)C)nc2c1. The van der Waals surface area contributed by atoms with Gasteiger partial charge in [-0.05, 0) is 45.4 Å². The van der Waals surface area contributed by atoms with Crippen LogP contribution in [0, 0.1) is 0 Å². The van der Waals surface area contributed by atoms with Gasteiger partial charge in [0.25, 0.3) is 0 Å². The van der Waals surface area contributed by atoms with E-state index in [1.807, 2.05) is 0 Å². The van der Waals surface area contributed by atoms with Gasteiger partial charge >= 0.3 is 5.97 Å². The third kappa shape index (κ3) is 2.83. The van der Waals surface area contributed by atoms with Gasteiger partial charge in [-0.15, -0.1) is 0 Å². The number of rotatable bonds is 4. The first kappa shape index (κ1) is 15.0. The largest absolute Gasteiger partial charge is 0.465 e. The van der Waals surface area contributed by atoms with Gasteiger partial charge in [0, 0.05) is 24.7 Å². The summed E-state index contributed by atoms with van der Waals surface area (Å²) in [4.78, 5) is 18.7. The average Bonchev–Trinajstić information content (AvgIpc) is 3.11. The van der Waals surface area contributed by atoms with Crippen molar-refractivity contribution in [2.75, 3.05) is 13.7 Å². The van der Waals surface area contributed by atoms with Gasteiger partial charge in [0.05, 0.1) is 12.7 Å². The van der Waals surface area contributed by atoms with Crippen molar-refractivity contribution in [3.8, 4) is 0 Å². The van der Waals surface area contributed by atoms with Crippen molar-refractivity contribution in [2.24, 2.45) is 0 Å². The van der Waals surface area contributed by atoms with Gasteiger partial charge < -0.3 is 4.74 Å². The van der Waals surface area contributed by atoms with Gasteiger partial charge in [-0.3, -0.25) is 4.90 Å². The third-order valence-corrected chi connectivity index (χ3v) is 4.31. The summed E-state index contributed by atoms with van der Waals surface area (Å²) in [6, 6.07) is 4.48. The molecule has 2 aromatic heterocycles. The first-order chi connectivity index (χ1) is 10.6. The van der Waals surface area contributed by atoms with E-state index in [0.717, 1.165) is 18.8 Å². The second-order valence-electron chi connectivity index (χ2n) is 6.07. The van der Waals surface area contributed by atoms with E-state index >= 15 is 0 Å². The number of pyridine rings is 1. The number of hydrogen-bond acceptors (Lipinski definition) is 5. The zero-order valence-corrected chi connectivity index (χ0v) is 13.3. The smallest absolute Gasteiger partial charge is 0.338 e. The molecule has 1 aliphatic rings. The summed E-state index contributed by atoms with van der Waals surface area (Å²) in [5, 5.41) is 4.52. The molecule has 6 heteroatoms. The summed E-state index contributed by atoms with van der Waals surface area (Å²) in [5.41, 5.74) is 1.19. The lowest BCUT2D eigenvalue weighted by Crippen LogP contribution is -2.36. The van der Waals surface area contributed by atoms with Gasteiger partial charge in [0.15, 0.2) is 11.5 Å². The molecule has 1 fully saturated rings. The predicted molar refractivity (Wildman–Crippen MR) is 82.9 cm³/mol. The Balaban J connectivity index is 1.81. The van der Waals surface area contributed by atoms with E-state index < -0.39 is 0 Å². The number of aromatic nitrogens is 3. The Kier molecular flexibility index (Phi) is 4.11. The van der Waals surface area contributed by atoms with Crippen LogP contribution in [0.5, 0.6) is 0 Å². The molecule has 0 spiro atoms. The van der Waals surface area contributed by atoms with Crippen LogP contribution in [-0.2, 0) is 11.2 Å². The number of nitrogens with zero attached hydrogens (tertiary/aromatic N) is 4. The molecule has 22 heavy (non-hydrogen) atoms. The molecule has 2 aromatic rings. The molecule has 0 N–H and O–H groups in total. The van der Waals surface area contributed by atoms with E-state index in [9.17, 15) is 4.79 Å². The molecule has 1 unspecified atom stereocenters. The molecule has 0 amide bonds. The van der Waals surface area contributed by atoms with Crippen LogP contribution in [0.2, 0.25) is 0 Å². The summed E-state index contributed by atoms with van der Waals surface area (Å²) in [5.74, 6) is 0.480. The number of esters is 1. The maximum Gasteiger partial charge on any atom is 0.338 e. The van der Waals surface area contributed by atoms with Gasteiger partial charge in [-0.25, -0.2) is 14.3 Å². The minimum Gasteiger partial charge on any atom is -0.465 e. The van der Waals surface area contributed by atoms with Crippen molar-refractivity contribution in [3.63, 3.8) is 0 Å². The standard InChI is InChI=1S/C16H22N4O2/c1-11(2)19-7-4-5-13(19)10-14-17-15-9-12(16(21)22-3)6-8-20(15)18-14/h6,8-9,11,13H,4-5,7,10H2,1-3H3. The van der Waals surface area contributed by atoms with Crippen LogP contribution < -0.4 is 0 Å². The molecule has 118 valence electrons. The second-order valence-corrected chi connectivity index (χ2v) is 6.07. The Hall–Kier alpha value is -1.95. The molecule has 6 nitrogen and oxygen atoms in total. The van der Waals surface area contributed by atoms with Crippen LogP contribution in [0.4, 0.5) is 0 Å². The number of fused-ring (bicyclic) bond motifs is 1. The van der Waals surface area contributed by atoms with E-state index in [1.54, 1.807) is 22.8 Å². The van der Waals surface area contributed by atoms with Gasteiger partial charge in [0.1, 0.15) is 0 Å². The molecule has 0 saturated carbocycles. The minimum atomic E-state index is -0.353. The average molecular weight is 302 g/mol. The monoisotopic (exact) mass is 302 g/mol. The van der Waals surface area contributed by atoms with E-state index in [2.05, 4.69) is 28.8 Å². The highest BCUT2D eigenvalue weighted by Gasteiger charge is 2.27. The molecule has 1 aliphatic heterocycles. The topological polar surface area (TPSA) is 59.7 Å². The summed E-state index contributed by atoms with van der Waals surface area (Å²) in [6.07, 6.45) is 5.05. The number of likely N-dealkylation sites (tertiary alicyclic amines) is 1. The van der Waals surface area contributed by atoms with E-state index in [1.165, 1.54) is 20.0 Å². The Morgan fingerprint density at radius 3 is 3.05 bits per heavy atom. The first-order valence-corrected chi connectivity index (χ1v) is 7.78. The van der Waals surface area contributed by atoms with E-state index in [0.29, 0.717) is 23.3 Å². The highest BCUT2D eigenvalue weighted by Crippen LogP contribution is 2.22. The molecule has 1 atom stereocenters. The van der Waals surface area contributed by atoms with Crippen molar-refractivity contribution < 1.29 is 9.53 Å². The maximum absolute atomic E-state index is 11.6. The fourth-order valence-corrected chi connectivity index (χ4v) is 3.23. The molecule has 1 saturated heterocycles. The molecular formula is C16H22N4O2. The Morgan fingerprint density at radius 2 is 2.32 bits per heavy atom. The summed E-state index contributed by atoms with van der Waals surface area (Å²) in [7, 11) is 1.38. The predicted octanol–water partition coefficient (Wildman–Crippen LogP) is 1.93. The summed E-state index contributed by atoms with van der Waals surface area (Å²) in [6.45, 7) is 5.62. The number of carbonyl (C=O) groups excluding carboxylic acids is 1. The fourth-order valence-electron chi connectivity index (χ4n) is 3.23. The number of methoxy groups -OCH3 is 1. The van der Waals surface area contributed by atoms with Gasteiger partial charge in [0.2, 0.25) is 0 Å².